The van der Waals surface area contributed by atoms with Gasteiger partial charge in [-0.15, -0.1) is 0 Å². The van der Waals surface area contributed by atoms with Crippen LogP contribution in [0.4, 0.5) is 0 Å². The first-order valence-corrected chi connectivity index (χ1v) is 3.50. The van der Waals surface area contributed by atoms with Gasteiger partial charge in [0.2, 0.25) is 0 Å². The van der Waals surface area contributed by atoms with Gasteiger partial charge in [-0.3, -0.25) is 9.98 Å². The molecule has 0 aromatic heterocycles. The van der Waals surface area contributed by atoms with E-state index >= 15 is 0 Å². The predicted octanol–water partition coefficient (Wildman–Crippen LogP) is 1.27. The van der Waals surface area contributed by atoms with Crippen molar-refractivity contribution in [3.8, 4) is 0 Å². The number of hydrogen-bond donors (Lipinski definition) is 0. The van der Waals surface area contributed by atoms with E-state index in [0.717, 1.165) is 12.3 Å². The Morgan fingerprint density at radius 1 is 1.11 bits per heavy atom. The minimum Gasteiger partial charge on any atom is -0.270 e. The fourth-order valence-corrected chi connectivity index (χ4v) is 1.06. The van der Waals surface area contributed by atoms with E-state index < -0.39 is 0 Å². The van der Waals surface area contributed by atoms with Gasteiger partial charge in [0, 0.05) is 24.8 Å². The molecule has 0 aromatic carbocycles. The first-order chi connectivity index (χ1) is 4.47. The Morgan fingerprint density at radius 2 is 1.78 bits per heavy atom. The summed E-state index contributed by atoms with van der Waals surface area (Å²) in [5.41, 5.74) is 0. The molecule has 1 heterocycles. The van der Waals surface area contributed by atoms with Crippen molar-refractivity contribution in [3.05, 3.63) is 0 Å². The van der Waals surface area contributed by atoms with Gasteiger partial charge in [-0.1, -0.05) is 0 Å². The van der Waals surface area contributed by atoms with Gasteiger partial charge in [0.05, 0.1) is 0 Å². The molecule has 1 fully saturated rings. The van der Waals surface area contributed by atoms with Crippen molar-refractivity contribution in [2.24, 2.45) is 15.9 Å². The van der Waals surface area contributed by atoms with Crippen LogP contribution in [0, 0.1) is 5.92 Å². The number of aliphatic imine (C=N–C) groups is 2. The zero-order valence-corrected chi connectivity index (χ0v) is 5.33. The van der Waals surface area contributed by atoms with Crippen LogP contribution < -0.4 is 0 Å². The lowest BCUT2D eigenvalue weighted by Gasteiger charge is -2.06. The van der Waals surface area contributed by atoms with E-state index in [2.05, 4.69) is 9.98 Å². The second kappa shape index (κ2) is 1.94. The van der Waals surface area contributed by atoms with Gasteiger partial charge < -0.3 is 0 Å². The molecule has 0 aromatic rings. The summed E-state index contributed by atoms with van der Waals surface area (Å²) in [5, 5.41) is 0. The van der Waals surface area contributed by atoms with Gasteiger partial charge in [0.1, 0.15) is 6.17 Å². The van der Waals surface area contributed by atoms with E-state index in [4.69, 9.17) is 0 Å². The van der Waals surface area contributed by atoms with Crippen molar-refractivity contribution < 1.29 is 0 Å². The van der Waals surface area contributed by atoms with Crippen molar-refractivity contribution in [1.29, 1.82) is 0 Å². The van der Waals surface area contributed by atoms with Crippen LogP contribution in [-0.4, -0.2) is 18.6 Å². The van der Waals surface area contributed by atoms with E-state index in [-0.39, 0.29) is 0 Å². The molecule has 0 atom stereocenters. The van der Waals surface area contributed by atoms with Crippen LogP contribution in [0.2, 0.25) is 0 Å². The molecule has 48 valence electrons. The maximum Gasteiger partial charge on any atom is 0.141 e. The van der Waals surface area contributed by atoms with Gasteiger partial charge in [-0.25, -0.2) is 0 Å². The lowest BCUT2D eigenvalue weighted by Crippen LogP contribution is -2.07. The van der Waals surface area contributed by atoms with E-state index in [1.54, 1.807) is 0 Å². The average molecular weight is 122 g/mol. The minimum atomic E-state index is 0.304. The van der Waals surface area contributed by atoms with E-state index in [9.17, 15) is 0 Å². The molecule has 1 saturated carbocycles. The third-order valence-electron chi connectivity index (χ3n) is 1.77. The normalized spacial score (nSPS) is 27.1. The van der Waals surface area contributed by atoms with Crippen LogP contribution in [0.5, 0.6) is 0 Å². The van der Waals surface area contributed by atoms with Crippen molar-refractivity contribution in [3.63, 3.8) is 0 Å². The molecule has 0 N–H and O–H groups in total. The largest absolute Gasteiger partial charge is 0.270 e. The highest BCUT2D eigenvalue weighted by atomic mass is 15.0. The fraction of sp³-hybridized carbons (Fsp3) is 0.714. The molecule has 0 bridgehead atoms. The minimum absolute atomic E-state index is 0.304. The van der Waals surface area contributed by atoms with Crippen LogP contribution in [0.3, 0.4) is 0 Å². The highest BCUT2D eigenvalue weighted by Gasteiger charge is 2.30. The Morgan fingerprint density at radius 3 is 2.33 bits per heavy atom. The van der Waals surface area contributed by atoms with E-state index in [0.29, 0.717) is 6.17 Å². The van der Waals surface area contributed by atoms with Crippen LogP contribution in [0.25, 0.3) is 0 Å². The maximum absolute atomic E-state index is 4.27. The fourth-order valence-electron chi connectivity index (χ4n) is 1.06. The highest BCUT2D eigenvalue weighted by molar-refractivity contribution is 5.81. The monoisotopic (exact) mass is 122 g/mol. The van der Waals surface area contributed by atoms with Gasteiger partial charge in [0.25, 0.3) is 0 Å². The molecule has 2 rings (SSSR count). The molecular formula is C7H10N2. The van der Waals surface area contributed by atoms with Crippen LogP contribution >= 0.6 is 0 Å². The standard InChI is InChI=1S/C7H10N2/c1-4-8-7(9-5-1)6-2-3-6/h4-7H,1-3H2. The Bertz CT molecular complexity index is 144. The lowest BCUT2D eigenvalue weighted by molar-refractivity contribution is 0.625. The first-order valence-electron chi connectivity index (χ1n) is 3.50. The highest BCUT2D eigenvalue weighted by Crippen LogP contribution is 2.35. The summed E-state index contributed by atoms with van der Waals surface area (Å²) >= 11 is 0. The average Bonchev–Trinajstić information content (AvgIpc) is 2.71. The second-order valence-corrected chi connectivity index (χ2v) is 2.65. The molecule has 0 spiro atoms. The van der Waals surface area contributed by atoms with Crippen LogP contribution in [0.1, 0.15) is 19.3 Å². The molecule has 9 heavy (non-hydrogen) atoms. The Labute approximate surface area is 54.7 Å². The molecule has 0 unspecified atom stereocenters. The SMILES string of the molecule is C1=NC(C2CC2)N=CC1. The van der Waals surface area contributed by atoms with Crippen molar-refractivity contribution in [2.45, 2.75) is 25.4 Å². The van der Waals surface area contributed by atoms with Crippen molar-refractivity contribution >= 4 is 12.4 Å². The molecule has 0 saturated heterocycles. The first kappa shape index (κ1) is 5.15. The zero-order chi connectivity index (χ0) is 6.10. The topological polar surface area (TPSA) is 24.7 Å². The maximum atomic E-state index is 4.27. The van der Waals surface area contributed by atoms with Crippen molar-refractivity contribution in [2.75, 3.05) is 0 Å². The molecule has 0 amide bonds. The third kappa shape index (κ3) is 1.02. The van der Waals surface area contributed by atoms with Crippen molar-refractivity contribution in [1.82, 2.24) is 0 Å². The summed E-state index contributed by atoms with van der Waals surface area (Å²) in [7, 11) is 0. The Hall–Kier alpha value is -0.660. The zero-order valence-electron chi connectivity index (χ0n) is 5.33. The molecule has 2 heteroatoms. The van der Waals surface area contributed by atoms with Gasteiger partial charge in [0.15, 0.2) is 0 Å². The number of nitrogens with zero attached hydrogens (tertiary/aromatic N) is 2. The summed E-state index contributed by atoms with van der Waals surface area (Å²) in [4.78, 5) is 8.54. The Balaban J connectivity index is 2.01. The summed E-state index contributed by atoms with van der Waals surface area (Å²) in [6, 6.07) is 0. The third-order valence-corrected chi connectivity index (χ3v) is 1.77. The van der Waals surface area contributed by atoms with Crippen LogP contribution in [-0.2, 0) is 0 Å². The predicted molar refractivity (Wildman–Crippen MR) is 38.1 cm³/mol. The number of hydrogen-bond acceptors (Lipinski definition) is 2. The van der Waals surface area contributed by atoms with E-state index in [1.165, 1.54) is 12.8 Å². The summed E-state index contributed by atoms with van der Waals surface area (Å²) in [6.45, 7) is 0. The van der Waals surface area contributed by atoms with Gasteiger partial charge in [-0.2, -0.15) is 0 Å². The summed E-state index contributed by atoms with van der Waals surface area (Å²) < 4.78 is 0. The van der Waals surface area contributed by atoms with Gasteiger partial charge in [-0.05, 0) is 12.8 Å². The molecular weight excluding hydrogens is 112 g/mol. The Kier molecular flexibility index (Phi) is 1.11. The quantitative estimate of drug-likeness (QED) is 0.500. The number of rotatable bonds is 1. The second-order valence-electron chi connectivity index (χ2n) is 2.65. The summed E-state index contributed by atoms with van der Waals surface area (Å²) in [6.07, 6.45) is 7.84. The van der Waals surface area contributed by atoms with E-state index in [1.807, 2.05) is 12.4 Å². The molecule has 2 nitrogen and oxygen atoms in total. The molecule has 2 aliphatic rings. The summed E-state index contributed by atoms with van der Waals surface area (Å²) in [5.74, 6) is 0.790. The van der Waals surface area contributed by atoms with Gasteiger partial charge >= 0.3 is 0 Å². The van der Waals surface area contributed by atoms with Crippen LogP contribution in [0.15, 0.2) is 9.98 Å². The lowest BCUT2D eigenvalue weighted by atomic mass is 10.3. The molecule has 1 aliphatic carbocycles. The molecule has 0 radical (unpaired) electrons. The molecule has 1 aliphatic heterocycles. The smallest absolute Gasteiger partial charge is 0.141 e.